The number of ether oxygens (including phenoxy) is 1. The van der Waals surface area contributed by atoms with Gasteiger partial charge in [0, 0.05) is 10.6 Å². The van der Waals surface area contributed by atoms with E-state index in [1.165, 1.54) is 40.5 Å². The van der Waals surface area contributed by atoms with Crippen molar-refractivity contribution < 1.29 is 27.5 Å². The number of rotatable bonds is 6. The lowest BCUT2D eigenvalue weighted by Gasteiger charge is -2.09. The summed E-state index contributed by atoms with van der Waals surface area (Å²) in [6.07, 6.45) is -4.53. The normalized spacial score (nSPS) is 11.5. The summed E-state index contributed by atoms with van der Waals surface area (Å²) in [5.41, 5.74) is 2.08. The van der Waals surface area contributed by atoms with E-state index in [0.29, 0.717) is 32.9 Å². The van der Waals surface area contributed by atoms with Crippen molar-refractivity contribution in [2.45, 2.75) is 12.7 Å². The maximum absolute atomic E-state index is 13.5. The molecule has 0 spiro atoms. The smallest absolute Gasteiger partial charge is 0.405 e. The van der Waals surface area contributed by atoms with Crippen molar-refractivity contribution in [2.75, 3.05) is 13.7 Å². The van der Waals surface area contributed by atoms with Gasteiger partial charge in [0.05, 0.1) is 35.9 Å². The number of nitrogens with one attached hydrogen (secondary N) is 1. The van der Waals surface area contributed by atoms with Gasteiger partial charge in [-0.1, -0.05) is 23.7 Å². The molecule has 7 nitrogen and oxygen atoms in total. The number of hydrogen-bond donors (Lipinski definition) is 1. The highest BCUT2D eigenvalue weighted by Gasteiger charge is 2.28. The Morgan fingerprint density at radius 3 is 2.36 bits per heavy atom. The van der Waals surface area contributed by atoms with Crippen LogP contribution in [0.25, 0.3) is 16.7 Å². The van der Waals surface area contributed by atoms with Crippen LogP contribution in [0.1, 0.15) is 26.3 Å². The largest absolute Gasteiger partial charge is 0.465 e. The van der Waals surface area contributed by atoms with Crippen LogP contribution in [0.15, 0.2) is 71.5 Å². The van der Waals surface area contributed by atoms with E-state index in [9.17, 15) is 27.6 Å². The van der Waals surface area contributed by atoms with Crippen LogP contribution in [0.2, 0.25) is 5.02 Å². The van der Waals surface area contributed by atoms with E-state index in [1.807, 2.05) is 5.32 Å². The molecule has 4 aromatic rings. The number of aromatic nitrogens is 2. The zero-order chi connectivity index (χ0) is 26.0. The van der Waals surface area contributed by atoms with E-state index >= 15 is 0 Å². The number of fused-ring (bicyclic) bond motifs is 1. The van der Waals surface area contributed by atoms with Crippen LogP contribution in [0.4, 0.5) is 13.2 Å². The predicted octanol–water partition coefficient (Wildman–Crippen LogP) is 4.57. The second-order valence-electron chi connectivity index (χ2n) is 7.87. The third-order valence-electron chi connectivity index (χ3n) is 5.42. The number of carbonyl (C=O) groups excluding carboxylic acids is 2. The molecule has 4 rings (SSSR count). The molecular formula is C25H19ClF3N3O4. The van der Waals surface area contributed by atoms with E-state index in [2.05, 4.69) is 0 Å². The number of alkyl halides is 3. The minimum atomic E-state index is -4.53. The zero-order valence-electron chi connectivity index (χ0n) is 18.8. The Bertz CT molecular complexity index is 1510. The molecule has 1 aromatic heterocycles. The number of halogens is 4. The lowest BCUT2D eigenvalue weighted by Crippen LogP contribution is -2.33. The summed E-state index contributed by atoms with van der Waals surface area (Å²) < 4.78 is 44.8. The van der Waals surface area contributed by atoms with Crippen LogP contribution in [0.5, 0.6) is 0 Å². The Morgan fingerprint density at radius 1 is 0.972 bits per heavy atom. The maximum Gasteiger partial charge on any atom is 0.405 e. The average Bonchev–Trinajstić information content (AvgIpc) is 3.12. The SMILES string of the molecule is COC(=O)c1cccc(Cn2c(=O)n(-c3ccc(C(=O)NCC(F)(F)F)cc3)c3cc(Cl)ccc32)c1. The van der Waals surface area contributed by atoms with E-state index in [-0.39, 0.29) is 12.1 Å². The molecule has 1 N–H and O–H groups in total. The zero-order valence-corrected chi connectivity index (χ0v) is 19.6. The number of carbonyl (C=O) groups is 2. The number of methoxy groups -OCH3 is 1. The van der Waals surface area contributed by atoms with Crippen molar-refractivity contribution >= 4 is 34.5 Å². The van der Waals surface area contributed by atoms with Gasteiger partial charge >= 0.3 is 17.8 Å². The Morgan fingerprint density at radius 2 is 1.69 bits per heavy atom. The number of esters is 1. The summed E-state index contributed by atoms with van der Waals surface area (Å²) in [5.74, 6) is -1.39. The van der Waals surface area contributed by atoms with Crippen molar-refractivity contribution in [3.05, 3.63) is 98.9 Å². The molecule has 0 aliphatic heterocycles. The molecule has 1 heterocycles. The molecule has 0 atom stereocenters. The standard InChI is InChI=1S/C25H19ClF3N3O4/c1-36-23(34)17-4-2-3-15(11-17)13-31-20-10-7-18(26)12-21(20)32(24(31)35)19-8-5-16(6-9-19)22(33)30-14-25(27,28)29/h2-12H,13-14H2,1H3,(H,30,33). The molecule has 0 saturated heterocycles. The van der Waals surface area contributed by atoms with Crippen LogP contribution in [0.3, 0.4) is 0 Å². The maximum atomic E-state index is 13.5. The van der Waals surface area contributed by atoms with Crippen molar-refractivity contribution in [1.29, 1.82) is 0 Å². The third-order valence-corrected chi connectivity index (χ3v) is 5.65. The fourth-order valence-electron chi connectivity index (χ4n) is 3.77. The quantitative estimate of drug-likeness (QED) is 0.380. The number of benzene rings is 3. The fourth-order valence-corrected chi connectivity index (χ4v) is 3.94. The lowest BCUT2D eigenvalue weighted by molar-refractivity contribution is -0.123. The second kappa shape index (κ2) is 9.90. The summed E-state index contributed by atoms with van der Waals surface area (Å²) >= 11 is 6.19. The first-order chi connectivity index (χ1) is 17.1. The Hall–Kier alpha value is -4.05. The van der Waals surface area contributed by atoms with Crippen LogP contribution >= 0.6 is 11.6 Å². The monoisotopic (exact) mass is 517 g/mol. The van der Waals surface area contributed by atoms with Gasteiger partial charge in [0.2, 0.25) is 0 Å². The van der Waals surface area contributed by atoms with Gasteiger partial charge in [-0.15, -0.1) is 0 Å². The first kappa shape index (κ1) is 25.1. The molecule has 0 aliphatic rings. The molecule has 186 valence electrons. The molecule has 11 heteroatoms. The summed E-state index contributed by atoms with van der Waals surface area (Å²) in [7, 11) is 1.28. The van der Waals surface area contributed by atoms with Gasteiger partial charge in [0.1, 0.15) is 6.54 Å². The molecule has 36 heavy (non-hydrogen) atoms. The molecule has 0 saturated carbocycles. The highest BCUT2D eigenvalue weighted by molar-refractivity contribution is 6.31. The highest BCUT2D eigenvalue weighted by atomic mass is 35.5. The predicted molar refractivity (Wildman–Crippen MR) is 128 cm³/mol. The first-order valence-corrected chi connectivity index (χ1v) is 11.0. The van der Waals surface area contributed by atoms with Gasteiger partial charge in [0.15, 0.2) is 0 Å². The summed E-state index contributed by atoms with van der Waals surface area (Å²) in [6, 6.07) is 17.2. The van der Waals surface area contributed by atoms with Gasteiger partial charge in [0.25, 0.3) is 5.91 Å². The summed E-state index contributed by atoms with van der Waals surface area (Å²) in [4.78, 5) is 37.4. The number of imidazole rings is 1. The molecular weight excluding hydrogens is 499 g/mol. The van der Waals surface area contributed by atoms with Gasteiger partial charge in [-0.05, 0) is 60.2 Å². The Labute approximate surface area is 207 Å². The van der Waals surface area contributed by atoms with Crippen molar-refractivity contribution in [3.8, 4) is 5.69 Å². The Kier molecular flexibility index (Phi) is 6.89. The van der Waals surface area contributed by atoms with Crippen molar-refractivity contribution in [3.63, 3.8) is 0 Å². The third kappa shape index (κ3) is 5.28. The van der Waals surface area contributed by atoms with E-state index in [4.69, 9.17) is 16.3 Å². The van der Waals surface area contributed by atoms with Crippen LogP contribution < -0.4 is 11.0 Å². The molecule has 0 radical (unpaired) electrons. The van der Waals surface area contributed by atoms with Crippen LogP contribution in [0, 0.1) is 0 Å². The number of amides is 1. The molecule has 3 aromatic carbocycles. The van der Waals surface area contributed by atoms with E-state index < -0.39 is 30.3 Å². The summed E-state index contributed by atoms with van der Waals surface area (Å²) in [6.45, 7) is -1.30. The molecule has 0 unspecified atom stereocenters. The van der Waals surface area contributed by atoms with E-state index in [1.54, 1.807) is 42.5 Å². The van der Waals surface area contributed by atoms with Crippen molar-refractivity contribution in [2.24, 2.45) is 0 Å². The second-order valence-corrected chi connectivity index (χ2v) is 8.31. The van der Waals surface area contributed by atoms with Gasteiger partial charge in [-0.3, -0.25) is 13.9 Å². The summed E-state index contributed by atoms with van der Waals surface area (Å²) in [5, 5.41) is 2.20. The minimum absolute atomic E-state index is 0.0115. The Balaban J connectivity index is 1.72. The minimum Gasteiger partial charge on any atom is -0.465 e. The van der Waals surface area contributed by atoms with Gasteiger partial charge in [-0.25, -0.2) is 9.59 Å². The number of nitrogens with zero attached hydrogens (tertiary/aromatic N) is 2. The first-order valence-electron chi connectivity index (χ1n) is 10.6. The van der Waals surface area contributed by atoms with Crippen LogP contribution in [-0.2, 0) is 11.3 Å². The lowest BCUT2D eigenvalue weighted by atomic mass is 10.1. The van der Waals surface area contributed by atoms with Gasteiger partial charge in [-0.2, -0.15) is 13.2 Å². The molecule has 0 bridgehead atoms. The average molecular weight is 518 g/mol. The molecule has 0 fully saturated rings. The molecule has 0 aliphatic carbocycles. The molecule has 1 amide bonds. The van der Waals surface area contributed by atoms with Crippen molar-refractivity contribution in [1.82, 2.24) is 14.5 Å². The number of hydrogen-bond acceptors (Lipinski definition) is 4. The van der Waals surface area contributed by atoms with E-state index in [0.717, 1.165) is 0 Å². The fraction of sp³-hybridized carbons (Fsp3) is 0.160. The topological polar surface area (TPSA) is 82.3 Å². The highest BCUT2D eigenvalue weighted by Crippen LogP contribution is 2.23. The van der Waals surface area contributed by atoms with Gasteiger partial charge < -0.3 is 10.1 Å². The van der Waals surface area contributed by atoms with Crippen LogP contribution in [-0.4, -0.2) is 40.8 Å².